The monoisotopic (exact) mass is 413 g/mol. The quantitative estimate of drug-likeness (QED) is 0.522. The summed E-state index contributed by atoms with van der Waals surface area (Å²) >= 11 is 0. The summed E-state index contributed by atoms with van der Waals surface area (Å²) in [7, 11) is -3.99. The summed E-state index contributed by atoms with van der Waals surface area (Å²) in [5, 5.41) is 0. The van der Waals surface area contributed by atoms with Crippen LogP contribution in [0.2, 0.25) is 0 Å². The van der Waals surface area contributed by atoms with Crippen LogP contribution in [-0.4, -0.2) is 44.2 Å². The number of ether oxygens (including phenoxy) is 1. The minimum Gasteiger partial charge on any atom is -0.466 e. The van der Waals surface area contributed by atoms with Crippen LogP contribution in [-0.2, 0) is 28.6 Å². The van der Waals surface area contributed by atoms with Crippen molar-refractivity contribution in [3.05, 3.63) is 0 Å². The van der Waals surface area contributed by atoms with Gasteiger partial charge in [0.25, 0.3) is 10.1 Å². The molecule has 4 fully saturated rings. The molecule has 0 amide bonds. The van der Waals surface area contributed by atoms with Gasteiger partial charge in [0.1, 0.15) is 11.4 Å². The molecule has 158 valence electrons. The Kier molecular flexibility index (Phi) is 4.53. The van der Waals surface area contributed by atoms with Gasteiger partial charge in [-0.15, -0.1) is 0 Å². The summed E-state index contributed by atoms with van der Waals surface area (Å²) in [6.45, 7) is 6.02. The van der Waals surface area contributed by atoms with E-state index in [1.54, 1.807) is 6.92 Å². The van der Waals surface area contributed by atoms with Gasteiger partial charge in [-0.1, -0.05) is 13.8 Å². The number of fused-ring (bicyclic) bond motifs is 4. The molecule has 28 heavy (non-hydrogen) atoms. The summed E-state index contributed by atoms with van der Waals surface area (Å²) in [6.07, 6.45) is 3.60. The van der Waals surface area contributed by atoms with Gasteiger partial charge in [0.2, 0.25) is 0 Å². The number of rotatable bonds is 6. The van der Waals surface area contributed by atoms with Crippen LogP contribution in [0.5, 0.6) is 0 Å². The molecule has 0 spiro atoms. The second-order valence-electron chi connectivity index (χ2n) is 9.82. The van der Waals surface area contributed by atoms with Crippen molar-refractivity contribution in [2.75, 3.05) is 12.4 Å². The van der Waals surface area contributed by atoms with E-state index in [4.69, 9.17) is 14.7 Å². The molecule has 4 unspecified atom stereocenters. The lowest BCUT2D eigenvalue weighted by Crippen LogP contribution is -2.54. The van der Waals surface area contributed by atoms with Crippen LogP contribution in [0.1, 0.15) is 59.3 Å². The van der Waals surface area contributed by atoms with E-state index in [9.17, 15) is 18.0 Å². The Balaban J connectivity index is 1.56. The Morgan fingerprint density at radius 3 is 2.54 bits per heavy atom. The van der Waals surface area contributed by atoms with Gasteiger partial charge >= 0.3 is 5.97 Å². The van der Waals surface area contributed by atoms with Crippen LogP contribution < -0.4 is 5.73 Å². The van der Waals surface area contributed by atoms with Crippen LogP contribution in [0.4, 0.5) is 0 Å². The molecule has 0 aromatic rings. The van der Waals surface area contributed by atoms with Crippen LogP contribution in [0.3, 0.4) is 0 Å². The minimum absolute atomic E-state index is 0.0113. The third kappa shape index (κ3) is 2.63. The summed E-state index contributed by atoms with van der Waals surface area (Å²) in [4.78, 5) is 25.0. The summed E-state index contributed by atoms with van der Waals surface area (Å²) < 4.78 is 37.2. The zero-order valence-corrected chi connectivity index (χ0v) is 17.7. The van der Waals surface area contributed by atoms with E-state index < -0.39 is 33.1 Å². The fraction of sp³-hybridized carbons (Fsp3) is 0.900. The largest absolute Gasteiger partial charge is 0.466 e. The van der Waals surface area contributed by atoms with Crippen LogP contribution in [0, 0.1) is 28.6 Å². The van der Waals surface area contributed by atoms with Gasteiger partial charge in [-0.25, -0.2) is 0 Å². The number of carbonyl (C=O) groups excluding carboxylic acids is 2. The highest BCUT2D eigenvalue weighted by Crippen LogP contribution is 2.64. The smallest absolute Gasteiger partial charge is 0.310 e. The molecule has 0 aromatic carbocycles. The maximum atomic E-state index is 13.1. The second-order valence-corrected chi connectivity index (χ2v) is 11.4. The number of nitrogens with two attached hydrogens (primary N) is 1. The minimum atomic E-state index is -3.99. The molecule has 0 heterocycles. The van der Waals surface area contributed by atoms with Gasteiger partial charge in [-0.3, -0.25) is 13.8 Å². The molecular formula is C20H31NO6S. The molecule has 2 N–H and O–H groups in total. The molecule has 8 heteroatoms. The average molecular weight is 414 g/mol. The summed E-state index contributed by atoms with van der Waals surface area (Å²) in [5.74, 6) is -0.905. The number of esters is 1. The van der Waals surface area contributed by atoms with Gasteiger partial charge in [0.05, 0.1) is 23.7 Å². The average Bonchev–Trinajstić information content (AvgIpc) is 3.22. The van der Waals surface area contributed by atoms with Crippen molar-refractivity contribution in [1.82, 2.24) is 0 Å². The molecule has 0 saturated heterocycles. The molecule has 6 atom stereocenters. The van der Waals surface area contributed by atoms with E-state index in [1.165, 1.54) is 0 Å². The van der Waals surface area contributed by atoms with Crippen molar-refractivity contribution < 1.29 is 26.9 Å². The lowest BCUT2D eigenvalue weighted by Gasteiger charge is -2.39. The molecule has 0 aliphatic heterocycles. The van der Waals surface area contributed by atoms with Crippen molar-refractivity contribution in [1.29, 1.82) is 0 Å². The first-order valence-corrected chi connectivity index (χ1v) is 11.9. The molecule has 4 saturated carbocycles. The van der Waals surface area contributed by atoms with Gasteiger partial charge in [0.15, 0.2) is 0 Å². The third-order valence-electron chi connectivity index (χ3n) is 8.46. The number of hydrogen-bond acceptors (Lipinski definition) is 7. The van der Waals surface area contributed by atoms with Crippen molar-refractivity contribution in [3.63, 3.8) is 0 Å². The van der Waals surface area contributed by atoms with E-state index >= 15 is 0 Å². The van der Waals surface area contributed by atoms with E-state index in [1.807, 2.05) is 13.8 Å². The maximum absolute atomic E-state index is 13.1. The fourth-order valence-electron chi connectivity index (χ4n) is 6.71. The molecular weight excluding hydrogens is 382 g/mol. The normalized spacial score (nSPS) is 43.6. The Labute approximate surface area is 166 Å². The van der Waals surface area contributed by atoms with Gasteiger partial charge in [-0.2, -0.15) is 8.42 Å². The topological polar surface area (TPSA) is 113 Å². The first kappa shape index (κ1) is 20.3. The molecule has 7 nitrogen and oxygen atoms in total. The Hall–Kier alpha value is -0.990. The highest BCUT2D eigenvalue weighted by atomic mass is 32.2. The molecule has 0 radical (unpaired) electrons. The van der Waals surface area contributed by atoms with Crippen molar-refractivity contribution in [3.8, 4) is 0 Å². The predicted molar refractivity (Wildman–Crippen MR) is 102 cm³/mol. The SMILES string of the molecule is CCOC(=O)C1C2CC[C@@](OS(=O)(=O)C[C@]34CCC(CC3=O)C4(C)C)(C2)C1N. The summed E-state index contributed by atoms with van der Waals surface area (Å²) in [5.41, 5.74) is 4.08. The first-order chi connectivity index (χ1) is 13.0. The number of ketones is 1. The summed E-state index contributed by atoms with van der Waals surface area (Å²) in [6, 6.07) is -0.707. The maximum Gasteiger partial charge on any atom is 0.310 e. The zero-order chi connectivity index (χ0) is 20.5. The third-order valence-corrected chi connectivity index (χ3v) is 9.89. The predicted octanol–water partition coefficient (Wildman–Crippen LogP) is 1.79. The van der Waals surface area contributed by atoms with Gasteiger partial charge in [0, 0.05) is 12.5 Å². The lowest BCUT2D eigenvalue weighted by atomic mass is 9.70. The standard InChI is InChI=1S/C20H31NO6S/c1-4-26-17(23)15-12-5-8-20(10-12,16(15)21)27-28(24,25)11-19-7-6-13(9-14(19)22)18(19,2)3/h12-13,15-16H,4-11,21H2,1-3H3/t12?,13?,15?,16?,19-,20-/m1/s1. The molecule has 4 bridgehead atoms. The second kappa shape index (κ2) is 6.25. The van der Waals surface area contributed by atoms with Crippen LogP contribution in [0.25, 0.3) is 0 Å². The van der Waals surface area contributed by atoms with Gasteiger partial charge < -0.3 is 10.5 Å². The molecule has 4 rings (SSSR count). The Bertz CT molecular complexity index is 808. The Morgan fingerprint density at radius 1 is 1.25 bits per heavy atom. The zero-order valence-electron chi connectivity index (χ0n) is 16.9. The number of hydrogen-bond donors (Lipinski definition) is 1. The molecule has 4 aliphatic carbocycles. The van der Waals surface area contributed by atoms with E-state index in [2.05, 4.69) is 0 Å². The van der Waals surface area contributed by atoms with Crippen molar-refractivity contribution in [2.24, 2.45) is 34.3 Å². The van der Waals surface area contributed by atoms with Crippen LogP contribution >= 0.6 is 0 Å². The molecule has 0 aromatic heterocycles. The van der Waals surface area contributed by atoms with Crippen molar-refractivity contribution >= 4 is 21.9 Å². The molecule has 4 aliphatic rings. The number of carbonyl (C=O) groups is 2. The highest BCUT2D eigenvalue weighted by Gasteiger charge is 2.67. The van der Waals surface area contributed by atoms with Crippen LogP contribution in [0.15, 0.2) is 0 Å². The van der Waals surface area contributed by atoms with E-state index in [-0.39, 0.29) is 41.4 Å². The Morgan fingerprint density at radius 2 is 1.96 bits per heavy atom. The van der Waals surface area contributed by atoms with Crippen molar-refractivity contribution in [2.45, 2.75) is 70.9 Å². The van der Waals surface area contributed by atoms with Gasteiger partial charge in [-0.05, 0) is 56.3 Å². The fourth-order valence-corrected chi connectivity index (χ4v) is 8.82. The first-order valence-electron chi connectivity index (χ1n) is 10.4. The number of Topliss-reactive ketones (excluding diaryl/α,β-unsaturated/α-hetero) is 1. The highest BCUT2D eigenvalue weighted by molar-refractivity contribution is 7.86. The lowest BCUT2D eigenvalue weighted by molar-refractivity contribution is -0.151. The van der Waals surface area contributed by atoms with E-state index in [0.29, 0.717) is 32.1 Å². The van der Waals surface area contributed by atoms with E-state index in [0.717, 1.165) is 6.42 Å².